The van der Waals surface area contributed by atoms with Gasteiger partial charge in [0.25, 0.3) is 11.4 Å². The van der Waals surface area contributed by atoms with Crippen LogP contribution >= 0.6 is 0 Å². The Labute approximate surface area is 164 Å². The Balaban J connectivity index is 2.35. The molecule has 152 valence electrons. The van der Waals surface area contributed by atoms with E-state index in [1.54, 1.807) is 39.0 Å². The lowest BCUT2D eigenvalue weighted by molar-refractivity contribution is -0.720. The molecule has 0 spiro atoms. The first-order valence-electron chi connectivity index (χ1n) is 8.79. The van der Waals surface area contributed by atoms with Gasteiger partial charge in [0.1, 0.15) is 18.5 Å². The topological polar surface area (TPSA) is 89.3 Å². The summed E-state index contributed by atoms with van der Waals surface area (Å²) in [7, 11) is 2.94. The van der Waals surface area contributed by atoms with Crippen molar-refractivity contribution in [1.29, 1.82) is 0 Å². The van der Waals surface area contributed by atoms with Gasteiger partial charge in [0.2, 0.25) is 0 Å². The van der Waals surface area contributed by atoms with Crippen molar-refractivity contribution in [2.75, 3.05) is 26.3 Å². The van der Waals surface area contributed by atoms with Gasteiger partial charge in [-0.05, 0) is 32.9 Å². The molecule has 0 bridgehead atoms. The van der Waals surface area contributed by atoms with Crippen LogP contribution in [0.4, 0.5) is 11.4 Å². The number of hydrogen-bond donors (Lipinski definition) is 2. The van der Waals surface area contributed by atoms with Gasteiger partial charge in [0.15, 0.2) is 18.1 Å². The number of nitrogens with one attached hydrogen (secondary N) is 1. The Hall–Kier alpha value is -3.00. The van der Waals surface area contributed by atoms with Crippen LogP contribution in [0.15, 0.2) is 42.2 Å². The van der Waals surface area contributed by atoms with Crippen molar-refractivity contribution < 1.29 is 33.8 Å². The first-order chi connectivity index (χ1) is 13.3. The van der Waals surface area contributed by atoms with Crippen LogP contribution in [-0.4, -0.2) is 48.0 Å². The molecule has 0 heterocycles. The van der Waals surface area contributed by atoms with Gasteiger partial charge in [-0.25, -0.2) is 4.79 Å². The zero-order chi connectivity index (χ0) is 20.7. The summed E-state index contributed by atoms with van der Waals surface area (Å²) in [6, 6.07) is 4.96. The van der Waals surface area contributed by atoms with Crippen molar-refractivity contribution >= 4 is 23.1 Å². The van der Waals surface area contributed by atoms with E-state index in [1.807, 2.05) is 12.2 Å². The van der Waals surface area contributed by atoms with Crippen molar-refractivity contribution in [1.82, 2.24) is 0 Å². The predicted octanol–water partition coefficient (Wildman–Crippen LogP) is 3.21. The molecule has 0 amide bonds. The maximum Gasteiger partial charge on any atom is 0.344 e. The van der Waals surface area contributed by atoms with Gasteiger partial charge in [-0.2, -0.15) is 0 Å². The second kappa shape index (κ2) is 9.27. The number of aromatic hydroxyl groups is 1. The second-order valence-corrected chi connectivity index (χ2v) is 6.94. The first kappa shape index (κ1) is 21.3. The highest BCUT2D eigenvalue weighted by molar-refractivity contribution is 5.98. The van der Waals surface area contributed by atoms with Crippen LogP contribution in [0.2, 0.25) is 0 Å². The highest BCUT2D eigenvalue weighted by atomic mass is 16.7. The van der Waals surface area contributed by atoms with Gasteiger partial charge in [0, 0.05) is 10.8 Å². The van der Waals surface area contributed by atoms with Gasteiger partial charge in [0.05, 0.1) is 13.5 Å². The van der Waals surface area contributed by atoms with Crippen molar-refractivity contribution in [2.24, 2.45) is 0 Å². The molecule has 1 aromatic carbocycles. The van der Waals surface area contributed by atoms with E-state index in [2.05, 4.69) is 5.48 Å². The van der Waals surface area contributed by atoms with Crippen molar-refractivity contribution in [2.45, 2.75) is 32.8 Å². The second-order valence-electron chi connectivity index (χ2n) is 6.94. The van der Waals surface area contributed by atoms with E-state index in [0.29, 0.717) is 29.3 Å². The molecule has 28 heavy (non-hydrogen) atoms. The number of rotatable bonds is 7. The molecule has 0 saturated heterocycles. The molecule has 0 aromatic heterocycles. The van der Waals surface area contributed by atoms with Gasteiger partial charge in [-0.15, -0.1) is 0 Å². The van der Waals surface area contributed by atoms with Gasteiger partial charge < -0.3 is 14.6 Å². The number of esters is 1. The number of hydrogen-bond acceptors (Lipinski definition) is 7. The minimum Gasteiger partial charge on any atom is -0.505 e. The fourth-order valence-corrected chi connectivity index (χ4v) is 2.61. The van der Waals surface area contributed by atoms with Crippen LogP contribution < -0.4 is 5.48 Å². The molecular formula is C20H27N2O6+. The quantitative estimate of drug-likeness (QED) is 0.319. The number of ether oxygens (including phenoxy) is 2. The number of nitrogens with zero attached hydrogens (tertiary/aromatic N) is 1. The van der Waals surface area contributed by atoms with Crippen LogP contribution in [0.25, 0.3) is 0 Å². The number of phenols is 1. The number of para-hydroxylation sites is 1. The monoisotopic (exact) mass is 391 g/mol. The summed E-state index contributed by atoms with van der Waals surface area (Å²) in [5.41, 5.74) is 3.56. The number of benzene rings is 1. The molecule has 2 N–H and O–H groups in total. The van der Waals surface area contributed by atoms with Crippen molar-refractivity contribution in [3.8, 4) is 5.75 Å². The summed E-state index contributed by atoms with van der Waals surface area (Å²) < 4.78 is 12.5. The average Bonchev–Trinajstić information content (AvgIpc) is 2.63. The van der Waals surface area contributed by atoms with Crippen LogP contribution in [0.5, 0.6) is 5.75 Å². The molecule has 0 atom stereocenters. The molecule has 2 rings (SSSR count). The third kappa shape index (κ3) is 5.50. The van der Waals surface area contributed by atoms with E-state index in [4.69, 9.17) is 19.1 Å². The molecule has 0 radical (unpaired) electrons. The molecule has 8 nitrogen and oxygen atoms in total. The number of carbonyl (C=O) groups is 1. The summed E-state index contributed by atoms with van der Waals surface area (Å²) in [6.07, 6.45) is 5.99. The van der Waals surface area contributed by atoms with E-state index >= 15 is 0 Å². The van der Waals surface area contributed by atoms with E-state index in [0.717, 1.165) is 0 Å². The molecule has 8 heteroatoms. The van der Waals surface area contributed by atoms with Crippen LogP contribution in [0.1, 0.15) is 27.2 Å². The summed E-state index contributed by atoms with van der Waals surface area (Å²) >= 11 is 0. The van der Waals surface area contributed by atoms with Gasteiger partial charge in [-0.1, -0.05) is 18.2 Å². The number of allylic oxidation sites excluding steroid dienone is 4. The maximum absolute atomic E-state index is 12.0. The molecule has 0 fully saturated rings. The Morgan fingerprint density at radius 2 is 2.04 bits per heavy atom. The van der Waals surface area contributed by atoms with Gasteiger partial charge >= 0.3 is 5.97 Å². The predicted molar refractivity (Wildman–Crippen MR) is 104 cm³/mol. The van der Waals surface area contributed by atoms with E-state index in [-0.39, 0.29) is 12.4 Å². The normalized spacial score (nSPS) is 15.5. The van der Waals surface area contributed by atoms with Crippen molar-refractivity contribution in [3.63, 3.8) is 0 Å². The smallest absolute Gasteiger partial charge is 0.344 e. The fraction of sp³-hybridized carbons (Fsp3) is 0.400. The molecule has 1 aliphatic rings. The number of anilines is 1. The highest BCUT2D eigenvalue weighted by Gasteiger charge is 2.30. The number of phenolic OH excluding ortho intramolecular Hbond substituents is 1. The number of carbonyl (C=O) groups excluding carboxylic acids is 1. The fourth-order valence-electron chi connectivity index (χ4n) is 2.61. The Morgan fingerprint density at radius 1 is 1.29 bits per heavy atom. The molecule has 0 unspecified atom stereocenters. The Bertz CT molecular complexity index is 805. The minimum atomic E-state index is -0.589. The molecule has 0 aliphatic heterocycles. The Kier molecular flexibility index (Phi) is 7.06. The molecule has 1 aliphatic carbocycles. The molecule has 0 saturated carbocycles. The summed E-state index contributed by atoms with van der Waals surface area (Å²) in [5, 5.41) is 10.2. The minimum absolute atomic E-state index is 0.00597. The zero-order valence-electron chi connectivity index (χ0n) is 16.8. The van der Waals surface area contributed by atoms with E-state index < -0.39 is 11.6 Å². The SMILES string of the molecule is CONc1c(O)cccc1/[N+](OC)=C1\CC=CC=C1OCC(=O)OC(C)(C)C. The van der Waals surface area contributed by atoms with Crippen molar-refractivity contribution in [3.05, 3.63) is 42.2 Å². The maximum atomic E-state index is 12.0. The standard InChI is InChI=1S/C20H26N2O6/c1-20(2,3)28-18(24)13-27-17-12-7-6-9-14(17)22(26-5)15-10-8-11-16(23)19(15)21-25-4/h6-8,10-12,21H,9,13H2,1-5H3/p+1/b22-14-. The first-order valence-corrected chi connectivity index (χ1v) is 8.79. The summed E-state index contributed by atoms with van der Waals surface area (Å²) in [4.78, 5) is 22.5. The highest BCUT2D eigenvalue weighted by Crippen LogP contribution is 2.34. The van der Waals surface area contributed by atoms with E-state index in [1.165, 1.54) is 25.0 Å². The lowest BCUT2D eigenvalue weighted by Crippen LogP contribution is -2.28. The van der Waals surface area contributed by atoms with Crippen LogP contribution in [0, 0.1) is 0 Å². The summed E-state index contributed by atoms with van der Waals surface area (Å²) in [6.45, 7) is 5.15. The lowest BCUT2D eigenvalue weighted by atomic mass is 10.1. The average molecular weight is 391 g/mol. The molecular weight excluding hydrogens is 364 g/mol. The zero-order valence-corrected chi connectivity index (χ0v) is 16.8. The lowest BCUT2D eigenvalue weighted by Gasteiger charge is -2.20. The third-order valence-electron chi connectivity index (χ3n) is 3.62. The van der Waals surface area contributed by atoms with Gasteiger partial charge in [-0.3, -0.25) is 15.2 Å². The third-order valence-corrected chi connectivity index (χ3v) is 3.62. The summed E-state index contributed by atoms with van der Waals surface area (Å²) in [5.74, 6) is -0.0131. The Morgan fingerprint density at radius 3 is 2.68 bits per heavy atom. The van der Waals surface area contributed by atoms with Crippen LogP contribution in [-0.2, 0) is 23.9 Å². The molecule has 1 aromatic rings. The largest absolute Gasteiger partial charge is 0.505 e. The van der Waals surface area contributed by atoms with E-state index in [9.17, 15) is 9.90 Å². The van der Waals surface area contributed by atoms with Crippen LogP contribution in [0.3, 0.4) is 0 Å².